The van der Waals surface area contributed by atoms with E-state index in [2.05, 4.69) is 46.1 Å². The van der Waals surface area contributed by atoms with Crippen molar-refractivity contribution in [3.8, 4) is 0 Å². The van der Waals surface area contributed by atoms with Gasteiger partial charge >= 0.3 is 6.18 Å². The van der Waals surface area contributed by atoms with E-state index >= 15 is 0 Å². The maximum Gasteiger partial charge on any atom is 0.416 e. The van der Waals surface area contributed by atoms with Gasteiger partial charge in [-0.1, -0.05) is 6.92 Å². The van der Waals surface area contributed by atoms with E-state index in [1.54, 1.807) is 0 Å². The summed E-state index contributed by atoms with van der Waals surface area (Å²) in [5.41, 5.74) is 0.177. The summed E-state index contributed by atoms with van der Waals surface area (Å²) in [7, 11) is 4.35. The van der Waals surface area contributed by atoms with E-state index in [9.17, 15) is 18.0 Å². The lowest BCUT2D eigenvalue weighted by atomic mass is 9.79. The number of hydrogen-bond donors (Lipinski definition) is 1. The molecule has 2 aliphatic rings. The summed E-state index contributed by atoms with van der Waals surface area (Å²) in [5, 5.41) is 3.43. The predicted molar refractivity (Wildman–Crippen MR) is 130 cm³/mol. The van der Waals surface area contributed by atoms with Crippen molar-refractivity contribution in [2.75, 3.05) is 27.2 Å². The smallest absolute Gasteiger partial charge is 0.351 e. The minimum Gasteiger partial charge on any atom is -0.351 e. The number of fused-ring (bicyclic) bond motifs is 1. The van der Waals surface area contributed by atoms with E-state index in [0.29, 0.717) is 28.7 Å². The van der Waals surface area contributed by atoms with E-state index in [4.69, 9.17) is 0 Å². The van der Waals surface area contributed by atoms with E-state index < -0.39 is 11.7 Å². The van der Waals surface area contributed by atoms with Crippen molar-refractivity contribution < 1.29 is 18.0 Å². The van der Waals surface area contributed by atoms with Crippen LogP contribution >= 0.6 is 0 Å². The van der Waals surface area contributed by atoms with Gasteiger partial charge in [-0.3, -0.25) is 9.69 Å². The zero-order chi connectivity index (χ0) is 25.2. The van der Waals surface area contributed by atoms with Crippen LogP contribution in [0.2, 0.25) is 0 Å². The standard InChI is InChI=1S/C26H36F3N5O/c1-4-24(33(2)3)17-5-8-20(9-6-17)34-14-19(15-34)32-25(35)12-11-23-21-13-18(26(27,28)29)7-10-22(21)30-16-31-23/h7,10,13,16-17,19-20,24H,4-6,8-9,11-12,14-15H2,1-3H3,(H,32,35). The van der Waals surface area contributed by atoms with Gasteiger partial charge in [0, 0.05) is 37.0 Å². The van der Waals surface area contributed by atoms with Gasteiger partial charge < -0.3 is 10.2 Å². The van der Waals surface area contributed by atoms with Crippen LogP contribution in [-0.4, -0.2) is 71.0 Å². The molecular formula is C26H36F3N5O. The Labute approximate surface area is 205 Å². The summed E-state index contributed by atoms with van der Waals surface area (Å²) in [4.78, 5) is 25.6. The zero-order valence-electron chi connectivity index (χ0n) is 20.8. The molecule has 0 radical (unpaired) electrons. The Kier molecular flexibility index (Phi) is 7.96. The highest BCUT2D eigenvalue weighted by atomic mass is 19.4. The van der Waals surface area contributed by atoms with Crippen molar-refractivity contribution in [1.29, 1.82) is 0 Å². The molecule has 1 aromatic carbocycles. The first-order chi connectivity index (χ1) is 16.7. The number of likely N-dealkylation sites (tertiary alicyclic amines) is 1. The molecule has 0 spiro atoms. The largest absolute Gasteiger partial charge is 0.416 e. The van der Waals surface area contributed by atoms with E-state index in [0.717, 1.165) is 31.1 Å². The molecular weight excluding hydrogens is 455 g/mol. The molecule has 1 aromatic heterocycles. The average Bonchev–Trinajstić information content (AvgIpc) is 2.79. The fourth-order valence-electron chi connectivity index (χ4n) is 5.89. The number of amides is 1. The highest BCUT2D eigenvalue weighted by molar-refractivity contribution is 5.83. The number of aromatic nitrogens is 2. The van der Waals surface area contributed by atoms with Crippen molar-refractivity contribution in [3.63, 3.8) is 0 Å². The van der Waals surface area contributed by atoms with Crippen LogP contribution in [0.15, 0.2) is 24.5 Å². The van der Waals surface area contributed by atoms with Gasteiger partial charge in [-0.05, 0) is 76.7 Å². The monoisotopic (exact) mass is 491 g/mol. The first-order valence-corrected chi connectivity index (χ1v) is 12.7. The third-order valence-corrected chi connectivity index (χ3v) is 7.79. The van der Waals surface area contributed by atoms with Gasteiger partial charge in [0.05, 0.1) is 22.8 Å². The van der Waals surface area contributed by atoms with Gasteiger partial charge in [0.15, 0.2) is 0 Å². The summed E-state index contributed by atoms with van der Waals surface area (Å²) in [6.07, 6.45) is 3.52. The van der Waals surface area contributed by atoms with Crippen molar-refractivity contribution in [2.45, 2.75) is 76.2 Å². The first kappa shape index (κ1) is 25.8. The molecule has 1 saturated carbocycles. The number of alkyl halides is 3. The van der Waals surface area contributed by atoms with Crippen molar-refractivity contribution >= 4 is 16.8 Å². The molecule has 1 aliphatic carbocycles. The van der Waals surface area contributed by atoms with Gasteiger partial charge in [0.2, 0.25) is 5.91 Å². The van der Waals surface area contributed by atoms with Crippen LogP contribution in [0.4, 0.5) is 13.2 Å². The molecule has 1 N–H and O–H groups in total. The van der Waals surface area contributed by atoms with Crippen LogP contribution in [-0.2, 0) is 17.4 Å². The second kappa shape index (κ2) is 10.8. The molecule has 4 rings (SSSR count). The second-order valence-electron chi connectivity index (χ2n) is 10.3. The van der Waals surface area contributed by atoms with Gasteiger partial charge in [-0.2, -0.15) is 13.2 Å². The molecule has 1 aliphatic heterocycles. The molecule has 0 bridgehead atoms. The first-order valence-electron chi connectivity index (χ1n) is 12.7. The van der Waals surface area contributed by atoms with Crippen molar-refractivity contribution in [2.24, 2.45) is 5.92 Å². The number of hydrogen-bond acceptors (Lipinski definition) is 5. The van der Waals surface area contributed by atoms with Crippen molar-refractivity contribution in [1.82, 2.24) is 25.1 Å². The lowest BCUT2D eigenvalue weighted by Gasteiger charge is -2.47. The summed E-state index contributed by atoms with van der Waals surface area (Å²) in [5.74, 6) is 0.682. The van der Waals surface area contributed by atoms with Crippen LogP contribution in [0.5, 0.6) is 0 Å². The van der Waals surface area contributed by atoms with Crippen LogP contribution < -0.4 is 5.32 Å². The predicted octanol–water partition coefficient (Wildman–Crippen LogP) is 4.28. The highest BCUT2D eigenvalue weighted by Crippen LogP contribution is 2.34. The quantitative estimate of drug-likeness (QED) is 0.597. The molecule has 2 aromatic rings. The minimum atomic E-state index is -4.43. The van der Waals surface area contributed by atoms with E-state index in [-0.39, 0.29) is 24.8 Å². The summed E-state index contributed by atoms with van der Waals surface area (Å²) in [6.45, 7) is 4.02. The average molecular weight is 492 g/mol. The molecule has 2 heterocycles. The molecule has 2 fully saturated rings. The number of benzene rings is 1. The fraction of sp³-hybridized carbons (Fsp3) is 0.654. The Morgan fingerprint density at radius 1 is 1.17 bits per heavy atom. The number of halogens is 3. The summed E-state index contributed by atoms with van der Waals surface area (Å²) < 4.78 is 39.3. The normalized spacial score (nSPS) is 22.8. The Morgan fingerprint density at radius 3 is 2.51 bits per heavy atom. The third kappa shape index (κ3) is 6.12. The van der Waals surface area contributed by atoms with Crippen molar-refractivity contribution in [3.05, 3.63) is 35.8 Å². The number of rotatable bonds is 8. The second-order valence-corrected chi connectivity index (χ2v) is 10.3. The Hall–Kier alpha value is -2.26. The lowest BCUT2D eigenvalue weighted by molar-refractivity contribution is -0.137. The maximum absolute atomic E-state index is 13.1. The lowest BCUT2D eigenvalue weighted by Crippen LogP contribution is -2.62. The Morgan fingerprint density at radius 2 is 1.89 bits per heavy atom. The number of aryl methyl sites for hydroxylation is 1. The minimum absolute atomic E-state index is 0.0890. The molecule has 1 atom stereocenters. The SMILES string of the molecule is CCC(C1CCC(N2CC(NC(=O)CCc3ncnc4ccc(C(F)(F)F)cc34)C2)CC1)N(C)C. The Balaban J connectivity index is 1.23. The fourth-order valence-corrected chi connectivity index (χ4v) is 5.89. The highest BCUT2D eigenvalue weighted by Gasteiger charge is 2.36. The van der Waals surface area contributed by atoms with Gasteiger partial charge in [0.1, 0.15) is 6.33 Å². The van der Waals surface area contributed by atoms with E-state index in [1.165, 1.54) is 44.5 Å². The van der Waals surface area contributed by atoms with Crippen LogP contribution in [0, 0.1) is 5.92 Å². The van der Waals surface area contributed by atoms with Gasteiger partial charge in [0.25, 0.3) is 0 Å². The topological polar surface area (TPSA) is 61.4 Å². The molecule has 1 unspecified atom stereocenters. The molecule has 6 nitrogen and oxygen atoms in total. The zero-order valence-corrected chi connectivity index (χ0v) is 20.8. The number of nitrogens with zero attached hydrogens (tertiary/aromatic N) is 4. The number of carbonyl (C=O) groups is 1. The number of nitrogens with one attached hydrogen (secondary N) is 1. The van der Waals surface area contributed by atoms with Crippen LogP contribution in [0.3, 0.4) is 0 Å². The summed E-state index contributed by atoms with van der Waals surface area (Å²) >= 11 is 0. The molecule has 9 heteroatoms. The molecule has 1 saturated heterocycles. The molecule has 35 heavy (non-hydrogen) atoms. The van der Waals surface area contributed by atoms with Crippen LogP contribution in [0.1, 0.15) is 56.7 Å². The summed E-state index contributed by atoms with van der Waals surface area (Å²) in [6, 6.07) is 4.85. The van der Waals surface area contributed by atoms with Crippen LogP contribution in [0.25, 0.3) is 10.9 Å². The Bertz CT molecular complexity index is 1010. The maximum atomic E-state index is 13.1. The van der Waals surface area contributed by atoms with E-state index in [1.807, 2.05) is 0 Å². The van der Waals surface area contributed by atoms with Gasteiger partial charge in [-0.25, -0.2) is 9.97 Å². The van der Waals surface area contributed by atoms with Gasteiger partial charge in [-0.15, -0.1) is 0 Å². The third-order valence-electron chi connectivity index (χ3n) is 7.79. The number of carbonyl (C=O) groups excluding carboxylic acids is 1. The molecule has 192 valence electrons. The molecule has 1 amide bonds.